The largest absolute Gasteiger partial charge is 0.508 e. The van der Waals surface area contributed by atoms with Gasteiger partial charge in [0.15, 0.2) is 0 Å². The lowest BCUT2D eigenvalue weighted by molar-refractivity contribution is 0.0174. The van der Waals surface area contributed by atoms with E-state index in [-0.39, 0.29) is 0 Å². The minimum atomic E-state index is 0.316. The van der Waals surface area contributed by atoms with Crippen LogP contribution in [0.5, 0.6) is 5.75 Å². The smallest absolute Gasteiger partial charge is 0.117 e. The van der Waals surface area contributed by atoms with Gasteiger partial charge in [-0.1, -0.05) is 0 Å². The molecule has 1 aromatic carbocycles. The van der Waals surface area contributed by atoms with Gasteiger partial charge in [0, 0.05) is 48.7 Å². The van der Waals surface area contributed by atoms with Gasteiger partial charge in [-0.2, -0.15) is 0 Å². The quantitative estimate of drug-likeness (QED) is 0.804. The zero-order valence-electron chi connectivity index (χ0n) is 14.2. The summed E-state index contributed by atoms with van der Waals surface area (Å²) in [6, 6.07) is 6.17. The third-order valence-corrected chi connectivity index (χ3v) is 5.07. The Bertz CT molecular complexity index is 881. The first-order valence-electron chi connectivity index (χ1n) is 8.52. The molecule has 1 N–H and O–H groups in total. The van der Waals surface area contributed by atoms with Gasteiger partial charge in [-0.25, -0.2) is 0 Å². The number of morpholine rings is 1. The van der Waals surface area contributed by atoms with E-state index in [9.17, 15) is 5.11 Å². The van der Waals surface area contributed by atoms with Crippen LogP contribution in [-0.4, -0.2) is 51.9 Å². The molecule has 126 valence electrons. The van der Waals surface area contributed by atoms with Crippen molar-refractivity contribution < 1.29 is 9.84 Å². The molecule has 1 aliphatic rings. The van der Waals surface area contributed by atoms with E-state index in [1.54, 1.807) is 0 Å². The van der Waals surface area contributed by atoms with Crippen molar-refractivity contribution in [3.63, 3.8) is 0 Å². The third-order valence-electron chi connectivity index (χ3n) is 5.07. The highest BCUT2D eigenvalue weighted by atomic mass is 16.5. The molecule has 5 heteroatoms. The molecule has 3 heterocycles. The Morgan fingerprint density at radius 1 is 1.25 bits per heavy atom. The average molecular weight is 325 g/mol. The molecule has 0 spiro atoms. The van der Waals surface area contributed by atoms with Crippen LogP contribution in [0.4, 0.5) is 0 Å². The molecule has 0 aliphatic carbocycles. The Labute approximate surface area is 141 Å². The van der Waals surface area contributed by atoms with Gasteiger partial charge in [-0.05, 0) is 31.5 Å². The molecule has 1 atom stereocenters. The molecule has 2 aromatic heterocycles. The second-order valence-corrected chi connectivity index (χ2v) is 6.66. The van der Waals surface area contributed by atoms with E-state index in [1.165, 1.54) is 10.8 Å². The standard InChI is InChI=1S/C19H23N3O2/c1-13-9-15(23)10-17-19(13)16-3-4-20-11-18(16)22(17)12-14(2)21-5-7-24-8-6-21/h3-4,9-11,14,23H,5-8,12H2,1-2H3. The second-order valence-electron chi connectivity index (χ2n) is 6.66. The summed E-state index contributed by atoms with van der Waals surface area (Å²) in [4.78, 5) is 6.79. The summed E-state index contributed by atoms with van der Waals surface area (Å²) in [6.07, 6.45) is 3.77. The fraction of sp³-hybridized carbons (Fsp3) is 0.421. The van der Waals surface area contributed by atoms with Crippen LogP contribution in [0, 0.1) is 6.92 Å². The normalized spacial score (nSPS) is 17.6. The molecule has 0 radical (unpaired) electrons. The SMILES string of the molecule is Cc1cc(O)cc2c1c1ccncc1n2CC(C)N1CCOCC1. The number of ether oxygens (including phenoxy) is 1. The minimum Gasteiger partial charge on any atom is -0.508 e. The fourth-order valence-corrected chi connectivity index (χ4v) is 3.85. The number of phenolic OH excluding ortho intramolecular Hbond substituents is 1. The molecule has 1 saturated heterocycles. The molecule has 3 aromatic rings. The lowest BCUT2D eigenvalue weighted by Gasteiger charge is -2.32. The van der Waals surface area contributed by atoms with Crippen molar-refractivity contribution in [2.75, 3.05) is 26.3 Å². The predicted octanol–water partition coefficient (Wildman–Crippen LogP) is 2.92. The number of fused-ring (bicyclic) bond motifs is 3. The molecule has 4 rings (SSSR count). The molecule has 0 saturated carbocycles. The van der Waals surface area contributed by atoms with Crippen molar-refractivity contribution in [2.45, 2.75) is 26.4 Å². The van der Waals surface area contributed by atoms with Gasteiger partial charge < -0.3 is 14.4 Å². The van der Waals surface area contributed by atoms with Crippen LogP contribution in [0.25, 0.3) is 21.8 Å². The topological polar surface area (TPSA) is 50.5 Å². The van der Waals surface area contributed by atoms with E-state index in [4.69, 9.17) is 4.74 Å². The number of aryl methyl sites for hydroxylation is 1. The number of benzene rings is 1. The molecule has 0 amide bonds. The van der Waals surface area contributed by atoms with Gasteiger partial charge in [-0.15, -0.1) is 0 Å². The molecule has 1 fully saturated rings. The zero-order valence-corrected chi connectivity index (χ0v) is 14.2. The molecular weight excluding hydrogens is 302 g/mol. The Morgan fingerprint density at radius 2 is 2.04 bits per heavy atom. The highest BCUT2D eigenvalue weighted by Crippen LogP contribution is 2.34. The van der Waals surface area contributed by atoms with Crippen molar-refractivity contribution in [1.82, 2.24) is 14.5 Å². The van der Waals surface area contributed by atoms with Crippen LogP contribution < -0.4 is 0 Å². The molecule has 1 unspecified atom stereocenters. The second kappa shape index (κ2) is 6.07. The first-order chi connectivity index (χ1) is 11.6. The summed E-state index contributed by atoms with van der Waals surface area (Å²) in [5.41, 5.74) is 3.30. The summed E-state index contributed by atoms with van der Waals surface area (Å²) in [7, 11) is 0. The summed E-state index contributed by atoms with van der Waals surface area (Å²) in [5.74, 6) is 0.316. The number of nitrogens with zero attached hydrogens (tertiary/aromatic N) is 3. The molecule has 0 bridgehead atoms. The van der Waals surface area contributed by atoms with Gasteiger partial charge in [0.05, 0.1) is 30.4 Å². The number of phenols is 1. The summed E-state index contributed by atoms with van der Waals surface area (Å²) < 4.78 is 7.76. The van der Waals surface area contributed by atoms with E-state index in [1.807, 2.05) is 24.5 Å². The maximum Gasteiger partial charge on any atom is 0.117 e. The van der Waals surface area contributed by atoms with Crippen LogP contribution >= 0.6 is 0 Å². The highest BCUT2D eigenvalue weighted by Gasteiger charge is 2.20. The molecule has 5 nitrogen and oxygen atoms in total. The molecule has 1 aliphatic heterocycles. The lowest BCUT2D eigenvalue weighted by atomic mass is 10.1. The molecular formula is C19H23N3O2. The van der Waals surface area contributed by atoms with E-state index in [2.05, 4.69) is 34.4 Å². The van der Waals surface area contributed by atoms with Crippen molar-refractivity contribution in [3.05, 3.63) is 36.2 Å². The number of hydrogen-bond acceptors (Lipinski definition) is 4. The Hall–Kier alpha value is -2.11. The number of aromatic hydroxyl groups is 1. The number of hydrogen-bond donors (Lipinski definition) is 1. The van der Waals surface area contributed by atoms with E-state index in [0.29, 0.717) is 11.8 Å². The summed E-state index contributed by atoms with van der Waals surface area (Å²) in [5, 5.41) is 12.5. The number of pyridine rings is 1. The number of rotatable bonds is 3. The van der Waals surface area contributed by atoms with E-state index < -0.39 is 0 Å². The van der Waals surface area contributed by atoms with E-state index >= 15 is 0 Å². The minimum absolute atomic E-state index is 0.316. The average Bonchev–Trinajstić information content (AvgIpc) is 2.90. The highest BCUT2D eigenvalue weighted by molar-refractivity contribution is 6.09. The first-order valence-corrected chi connectivity index (χ1v) is 8.52. The Balaban J connectivity index is 1.83. The number of aromatic nitrogens is 2. The Morgan fingerprint density at radius 3 is 2.83 bits per heavy atom. The van der Waals surface area contributed by atoms with Crippen LogP contribution in [0.1, 0.15) is 12.5 Å². The third kappa shape index (κ3) is 2.54. The van der Waals surface area contributed by atoms with Crippen molar-refractivity contribution in [1.29, 1.82) is 0 Å². The fourth-order valence-electron chi connectivity index (χ4n) is 3.85. The maximum atomic E-state index is 10.1. The first kappa shape index (κ1) is 15.4. The Kier molecular flexibility index (Phi) is 3.90. The zero-order chi connectivity index (χ0) is 16.7. The lowest BCUT2D eigenvalue weighted by Crippen LogP contribution is -2.43. The van der Waals surface area contributed by atoms with Gasteiger partial charge >= 0.3 is 0 Å². The van der Waals surface area contributed by atoms with Gasteiger partial charge in [0.2, 0.25) is 0 Å². The van der Waals surface area contributed by atoms with Crippen LogP contribution in [-0.2, 0) is 11.3 Å². The monoisotopic (exact) mass is 325 g/mol. The van der Waals surface area contributed by atoms with Gasteiger partial charge in [-0.3, -0.25) is 9.88 Å². The molecule has 24 heavy (non-hydrogen) atoms. The predicted molar refractivity (Wildman–Crippen MR) is 95.5 cm³/mol. The maximum absolute atomic E-state index is 10.1. The van der Waals surface area contributed by atoms with Gasteiger partial charge in [0.1, 0.15) is 5.75 Å². The summed E-state index contributed by atoms with van der Waals surface area (Å²) >= 11 is 0. The van der Waals surface area contributed by atoms with Gasteiger partial charge in [0.25, 0.3) is 0 Å². The van der Waals surface area contributed by atoms with Crippen LogP contribution in [0.3, 0.4) is 0 Å². The van der Waals surface area contributed by atoms with Crippen molar-refractivity contribution in [3.8, 4) is 5.75 Å². The van der Waals surface area contributed by atoms with Crippen LogP contribution in [0.2, 0.25) is 0 Å². The summed E-state index contributed by atoms with van der Waals surface area (Å²) in [6.45, 7) is 8.74. The van der Waals surface area contributed by atoms with E-state index in [0.717, 1.165) is 49.4 Å². The van der Waals surface area contributed by atoms with Crippen LogP contribution in [0.15, 0.2) is 30.6 Å². The van der Waals surface area contributed by atoms with Crippen molar-refractivity contribution in [2.24, 2.45) is 0 Å². The van der Waals surface area contributed by atoms with Crippen molar-refractivity contribution >= 4 is 21.8 Å².